The number of rotatable bonds is 4. The SMILES string of the molecule is CC1CCC(NC(=O)COC(=O)c2cc(F)c(F)cc2Cl)CC1. The van der Waals surface area contributed by atoms with Crippen molar-refractivity contribution >= 4 is 23.5 Å². The molecule has 2 rings (SSSR count). The van der Waals surface area contributed by atoms with E-state index < -0.39 is 30.1 Å². The molecular formula is C16H18ClF2NO3. The number of hydrogen-bond donors (Lipinski definition) is 1. The predicted octanol–water partition coefficient (Wildman–Crippen LogP) is 3.47. The van der Waals surface area contributed by atoms with Crippen LogP contribution < -0.4 is 5.32 Å². The Morgan fingerprint density at radius 2 is 1.83 bits per heavy atom. The average molecular weight is 346 g/mol. The molecule has 126 valence electrons. The fourth-order valence-electron chi connectivity index (χ4n) is 2.56. The molecule has 4 nitrogen and oxygen atoms in total. The monoisotopic (exact) mass is 345 g/mol. The molecule has 23 heavy (non-hydrogen) atoms. The van der Waals surface area contributed by atoms with Crippen LogP contribution in [0.2, 0.25) is 5.02 Å². The van der Waals surface area contributed by atoms with Gasteiger partial charge in [-0.05, 0) is 43.7 Å². The number of esters is 1. The van der Waals surface area contributed by atoms with Crippen LogP contribution in [0.5, 0.6) is 0 Å². The Morgan fingerprint density at radius 3 is 2.48 bits per heavy atom. The van der Waals surface area contributed by atoms with Gasteiger partial charge in [0.2, 0.25) is 0 Å². The van der Waals surface area contributed by atoms with Crippen LogP contribution in [0.3, 0.4) is 0 Å². The molecule has 1 aromatic rings. The Morgan fingerprint density at radius 1 is 1.22 bits per heavy atom. The molecule has 1 aromatic carbocycles. The zero-order chi connectivity index (χ0) is 17.0. The largest absolute Gasteiger partial charge is 0.452 e. The maximum absolute atomic E-state index is 13.1. The lowest BCUT2D eigenvalue weighted by Gasteiger charge is -2.26. The number of benzene rings is 1. The molecule has 0 bridgehead atoms. The minimum Gasteiger partial charge on any atom is -0.452 e. The lowest BCUT2D eigenvalue weighted by Crippen LogP contribution is -2.39. The number of carbonyl (C=O) groups excluding carboxylic acids is 2. The molecule has 0 unspecified atom stereocenters. The van der Waals surface area contributed by atoms with E-state index in [1.54, 1.807) is 0 Å². The van der Waals surface area contributed by atoms with Gasteiger partial charge in [-0.25, -0.2) is 13.6 Å². The molecule has 0 radical (unpaired) electrons. The number of halogens is 3. The van der Waals surface area contributed by atoms with Crippen molar-refractivity contribution in [1.82, 2.24) is 5.32 Å². The van der Waals surface area contributed by atoms with Crippen LogP contribution in [0.25, 0.3) is 0 Å². The third-order valence-electron chi connectivity index (χ3n) is 3.95. The first kappa shape index (κ1) is 17.7. The molecule has 0 atom stereocenters. The van der Waals surface area contributed by atoms with Crippen molar-refractivity contribution in [2.75, 3.05) is 6.61 Å². The van der Waals surface area contributed by atoms with E-state index >= 15 is 0 Å². The quantitative estimate of drug-likeness (QED) is 0.671. The van der Waals surface area contributed by atoms with Crippen molar-refractivity contribution in [1.29, 1.82) is 0 Å². The smallest absolute Gasteiger partial charge is 0.340 e. The van der Waals surface area contributed by atoms with Gasteiger partial charge in [0.05, 0.1) is 10.6 Å². The molecule has 0 aliphatic heterocycles. The summed E-state index contributed by atoms with van der Waals surface area (Å²) in [5.74, 6) is -3.09. The number of ether oxygens (including phenoxy) is 1. The van der Waals surface area contributed by atoms with Crippen molar-refractivity contribution in [2.45, 2.75) is 38.6 Å². The minimum atomic E-state index is -1.21. The van der Waals surface area contributed by atoms with Gasteiger partial charge in [0.1, 0.15) is 0 Å². The Kier molecular flexibility index (Phi) is 5.93. The zero-order valence-corrected chi connectivity index (χ0v) is 13.5. The predicted molar refractivity (Wildman–Crippen MR) is 81.2 cm³/mol. The van der Waals surface area contributed by atoms with Crippen LogP contribution in [-0.2, 0) is 9.53 Å². The molecule has 1 aliphatic rings. The molecule has 0 aromatic heterocycles. The summed E-state index contributed by atoms with van der Waals surface area (Å²) in [5, 5.41) is 2.53. The molecule has 0 saturated heterocycles. The number of carbonyl (C=O) groups is 2. The van der Waals surface area contributed by atoms with Gasteiger partial charge in [-0.3, -0.25) is 4.79 Å². The van der Waals surface area contributed by atoms with Gasteiger partial charge in [0.25, 0.3) is 5.91 Å². The summed E-state index contributed by atoms with van der Waals surface area (Å²) < 4.78 is 30.9. The second-order valence-electron chi connectivity index (χ2n) is 5.85. The standard InChI is InChI=1S/C16H18ClF2NO3/c1-9-2-4-10(5-3-9)20-15(21)8-23-16(22)11-6-13(18)14(19)7-12(11)17/h6-7,9-10H,2-5,8H2,1H3,(H,20,21). The van der Waals surface area contributed by atoms with Crippen molar-refractivity contribution in [3.8, 4) is 0 Å². The molecule has 0 heterocycles. The fourth-order valence-corrected chi connectivity index (χ4v) is 2.79. The van der Waals surface area contributed by atoms with Crippen LogP contribution in [0.4, 0.5) is 8.78 Å². The molecule has 1 N–H and O–H groups in total. The lowest BCUT2D eigenvalue weighted by molar-refractivity contribution is -0.125. The summed E-state index contributed by atoms with van der Waals surface area (Å²) in [6.45, 7) is 1.69. The van der Waals surface area contributed by atoms with Gasteiger partial charge in [0.15, 0.2) is 18.2 Å². The van der Waals surface area contributed by atoms with Crippen molar-refractivity contribution in [3.63, 3.8) is 0 Å². The molecule has 7 heteroatoms. The second-order valence-corrected chi connectivity index (χ2v) is 6.25. The summed E-state index contributed by atoms with van der Waals surface area (Å²) in [4.78, 5) is 23.6. The Hall–Kier alpha value is -1.69. The van der Waals surface area contributed by atoms with Crippen LogP contribution in [-0.4, -0.2) is 24.5 Å². The van der Waals surface area contributed by atoms with E-state index in [0.29, 0.717) is 18.1 Å². The van der Waals surface area contributed by atoms with E-state index in [2.05, 4.69) is 12.2 Å². The van der Waals surface area contributed by atoms with E-state index in [9.17, 15) is 18.4 Å². The molecule has 1 saturated carbocycles. The highest BCUT2D eigenvalue weighted by atomic mass is 35.5. The Balaban J connectivity index is 1.84. The summed E-state index contributed by atoms with van der Waals surface area (Å²) in [7, 11) is 0. The van der Waals surface area contributed by atoms with Crippen molar-refractivity contribution in [2.24, 2.45) is 5.92 Å². The summed E-state index contributed by atoms with van der Waals surface area (Å²) >= 11 is 5.67. The summed E-state index contributed by atoms with van der Waals surface area (Å²) in [6, 6.07) is 1.43. The molecular weight excluding hydrogens is 328 g/mol. The molecule has 1 fully saturated rings. The maximum Gasteiger partial charge on any atom is 0.340 e. The van der Waals surface area contributed by atoms with Gasteiger partial charge < -0.3 is 10.1 Å². The minimum absolute atomic E-state index is 0.0873. The van der Waals surface area contributed by atoms with Gasteiger partial charge in [-0.2, -0.15) is 0 Å². The Labute approximate surface area is 138 Å². The van der Waals surface area contributed by atoms with E-state index in [0.717, 1.165) is 25.7 Å². The number of amides is 1. The van der Waals surface area contributed by atoms with Gasteiger partial charge in [-0.15, -0.1) is 0 Å². The average Bonchev–Trinajstić information content (AvgIpc) is 2.51. The summed E-state index contributed by atoms with van der Waals surface area (Å²) in [6.07, 6.45) is 3.90. The van der Waals surface area contributed by atoms with Gasteiger partial charge in [0, 0.05) is 6.04 Å². The normalized spacial score (nSPS) is 20.9. The highest BCUT2D eigenvalue weighted by molar-refractivity contribution is 6.33. The van der Waals surface area contributed by atoms with Crippen molar-refractivity contribution in [3.05, 3.63) is 34.4 Å². The maximum atomic E-state index is 13.1. The molecule has 1 aliphatic carbocycles. The van der Waals surface area contributed by atoms with Crippen LogP contribution >= 0.6 is 11.6 Å². The third-order valence-corrected chi connectivity index (χ3v) is 4.26. The first-order chi connectivity index (χ1) is 10.9. The topological polar surface area (TPSA) is 55.4 Å². The molecule has 1 amide bonds. The number of nitrogens with one attached hydrogen (secondary N) is 1. The number of hydrogen-bond acceptors (Lipinski definition) is 3. The van der Waals surface area contributed by atoms with Crippen LogP contribution in [0, 0.1) is 17.6 Å². The van der Waals surface area contributed by atoms with Crippen LogP contribution in [0.1, 0.15) is 43.0 Å². The first-order valence-electron chi connectivity index (χ1n) is 7.48. The van der Waals surface area contributed by atoms with Crippen LogP contribution in [0.15, 0.2) is 12.1 Å². The third kappa shape index (κ3) is 4.89. The Bertz CT molecular complexity index is 601. The lowest BCUT2D eigenvalue weighted by atomic mass is 9.87. The molecule has 0 spiro atoms. The van der Waals surface area contributed by atoms with E-state index in [4.69, 9.17) is 16.3 Å². The van der Waals surface area contributed by atoms with Gasteiger partial charge >= 0.3 is 5.97 Å². The van der Waals surface area contributed by atoms with Crippen molar-refractivity contribution < 1.29 is 23.1 Å². The highest BCUT2D eigenvalue weighted by Crippen LogP contribution is 2.23. The van der Waals surface area contributed by atoms with E-state index in [1.807, 2.05) is 0 Å². The fraction of sp³-hybridized carbons (Fsp3) is 0.500. The first-order valence-corrected chi connectivity index (χ1v) is 7.85. The summed E-state index contributed by atoms with van der Waals surface area (Å²) in [5.41, 5.74) is -0.315. The van der Waals surface area contributed by atoms with E-state index in [1.165, 1.54) is 0 Å². The van der Waals surface area contributed by atoms with E-state index in [-0.39, 0.29) is 16.6 Å². The van der Waals surface area contributed by atoms with Gasteiger partial charge in [-0.1, -0.05) is 18.5 Å². The zero-order valence-electron chi connectivity index (χ0n) is 12.7. The second kappa shape index (κ2) is 7.73. The highest BCUT2D eigenvalue weighted by Gasteiger charge is 2.21.